The standard InChI is InChI=1S/C16H19N3O2S.ClH/c1-11-18-15(9-16(19-11)13-7-8-17-10-13)12-3-5-14(6-4-12)22(2,20)21;/h3-6,9,13,17H,7-8,10H2,1-2H3;1H. The molecule has 0 radical (unpaired) electrons. The number of aromatic nitrogens is 2. The second-order valence-corrected chi connectivity index (χ2v) is 7.73. The fourth-order valence-electron chi connectivity index (χ4n) is 2.73. The van der Waals surface area contributed by atoms with Gasteiger partial charge in [0.1, 0.15) is 5.82 Å². The Morgan fingerprint density at radius 3 is 2.43 bits per heavy atom. The molecule has 1 saturated heterocycles. The van der Waals surface area contributed by atoms with Crippen LogP contribution in [0.5, 0.6) is 0 Å². The van der Waals surface area contributed by atoms with Crippen LogP contribution in [0, 0.1) is 6.92 Å². The molecule has 0 bridgehead atoms. The van der Waals surface area contributed by atoms with E-state index < -0.39 is 9.84 Å². The first-order valence-electron chi connectivity index (χ1n) is 7.30. The van der Waals surface area contributed by atoms with Crippen molar-refractivity contribution in [1.29, 1.82) is 0 Å². The van der Waals surface area contributed by atoms with Crippen LogP contribution in [0.25, 0.3) is 11.3 Å². The van der Waals surface area contributed by atoms with Crippen molar-refractivity contribution >= 4 is 22.2 Å². The van der Waals surface area contributed by atoms with Crippen molar-refractivity contribution < 1.29 is 8.42 Å². The molecule has 2 heterocycles. The molecule has 1 aromatic heterocycles. The highest BCUT2D eigenvalue weighted by Crippen LogP contribution is 2.25. The summed E-state index contributed by atoms with van der Waals surface area (Å²) in [5, 5.41) is 3.35. The number of hydrogen-bond acceptors (Lipinski definition) is 5. The predicted octanol–water partition coefficient (Wildman–Crippen LogP) is 2.35. The van der Waals surface area contributed by atoms with Crippen LogP contribution in [0.15, 0.2) is 35.2 Å². The summed E-state index contributed by atoms with van der Waals surface area (Å²) < 4.78 is 23.1. The molecule has 3 rings (SSSR count). The number of aryl methyl sites for hydroxylation is 1. The molecule has 124 valence electrons. The van der Waals surface area contributed by atoms with Crippen LogP contribution in [-0.4, -0.2) is 37.7 Å². The number of halogens is 1. The van der Waals surface area contributed by atoms with Gasteiger partial charge in [-0.1, -0.05) is 12.1 Å². The van der Waals surface area contributed by atoms with E-state index in [0.717, 1.165) is 42.3 Å². The van der Waals surface area contributed by atoms with E-state index in [1.807, 2.05) is 13.0 Å². The largest absolute Gasteiger partial charge is 0.316 e. The maximum Gasteiger partial charge on any atom is 0.175 e. The van der Waals surface area contributed by atoms with Crippen molar-refractivity contribution in [2.24, 2.45) is 0 Å². The lowest BCUT2D eigenvalue weighted by atomic mass is 10.0. The molecule has 1 unspecified atom stereocenters. The summed E-state index contributed by atoms with van der Waals surface area (Å²) >= 11 is 0. The molecular weight excluding hydrogens is 334 g/mol. The number of hydrogen-bond donors (Lipinski definition) is 1. The monoisotopic (exact) mass is 353 g/mol. The van der Waals surface area contributed by atoms with E-state index in [9.17, 15) is 8.42 Å². The maximum atomic E-state index is 11.5. The van der Waals surface area contributed by atoms with E-state index in [4.69, 9.17) is 0 Å². The van der Waals surface area contributed by atoms with E-state index in [1.165, 1.54) is 6.26 Å². The molecule has 1 aliphatic heterocycles. The number of sulfone groups is 1. The minimum Gasteiger partial charge on any atom is -0.316 e. The topological polar surface area (TPSA) is 72.0 Å². The zero-order valence-corrected chi connectivity index (χ0v) is 14.7. The van der Waals surface area contributed by atoms with Gasteiger partial charge in [0.05, 0.1) is 10.6 Å². The molecule has 0 aliphatic carbocycles. The van der Waals surface area contributed by atoms with Crippen LogP contribution >= 0.6 is 12.4 Å². The summed E-state index contributed by atoms with van der Waals surface area (Å²) in [6.45, 7) is 3.86. The van der Waals surface area contributed by atoms with Crippen molar-refractivity contribution in [3.8, 4) is 11.3 Å². The van der Waals surface area contributed by atoms with Gasteiger partial charge < -0.3 is 5.32 Å². The highest BCUT2D eigenvalue weighted by atomic mass is 35.5. The molecule has 0 amide bonds. The lowest BCUT2D eigenvalue weighted by Crippen LogP contribution is -2.10. The van der Waals surface area contributed by atoms with Crippen molar-refractivity contribution in [3.05, 3.63) is 41.9 Å². The van der Waals surface area contributed by atoms with Gasteiger partial charge in [-0.3, -0.25) is 0 Å². The van der Waals surface area contributed by atoms with Crippen molar-refractivity contribution in [1.82, 2.24) is 15.3 Å². The van der Waals surface area contributed by atoms with Gasteiger partial charge in [-0.05, 0) is 38.1 Å². The van der Waals surface area contributed by atoms with Crippen LogP contribution in [0.3, 0.4) is 0 Å². The summed E-state index contributed by atoms with van der Waals surface area (Å²) in [6, 6.07) is 8.86. The van der Waals surface area contributed by atoms with Crippen LogP contribution in [0.1, 0.15) is 23.9 Å². The Labute approximate surface area is 142 Å². The third kappa shape index (κ3) is 4.07. The predicted molar refractivity (Wildman–Crippen MR) is 92.8 cm³/mol. The Morgan fingerprint density at radius 2 is 1.87 bits per heavy atom. The van der Waals surface area contributed by atoms with Gasteiger partial charge in [0.15, 0.2) is 9.84 Å². The summed E-state index contributed by atoms with van der Waals surface area (Å²) in [6.07, 6.45) is 2.30. The first-order valence-corrected chi connectivity index (χ1v) is 9.19. The maximum absolute atomic E-state index is 11.5. The van der Waals surface area contributed by atoms with Gasteiger partial charge in [0, 0.05) is 30.0 Å². The second kappa shape index (κ2) is 6.95. The number of nitrogens with one attached hydrogen (secondary N) is 1. The second-order valence-electron chi connectivity index (χ2n) is 5.71. The molecule has 0 spiro atoms. The molecular formula is C16H20ClN3O2S. The fraction of sp³-hybridized carbons (Fsp3) is 0.375. The van der Waals surface area contributed by atoms with E-state index in [0.29, 0.717) is 10.8 Å². The SMILES string of the molecule is Cc1nc(-c2ccc(S(C)(=O)=O)cc2)cc(C2CCNC2)n1.Cl. The summed E-state index contributed by atoms with van der Waals surface area (Å²) in [7, 11) is -3.17. The first kappa shape index (κ1) is 17.8. The molecule has 1 atom stereocenters. The molecule has 23 heavy (non-hydrogen) atoms. The van der Waals surface area contributed by atoms with Crippen LogP contribution in [0.2, 0.25) is 0 Å². The minimum atomic E-state index is -3.17. The zero-order chi connectivity index (χ0) is 15.7. The Hall–Kier alpha value is -1.50. The third-order valence-electron chi connectivity index (χ3n) is 3.91. The lowest BCUT2D eigenvalue weighted by molar-refractivity contribution is 0.602. The molecule has 1 aliphatic rings. The van der Waals surface area contributed by atoms with Gasteiger partial charge in [-0.25, -0.2) is 18.4 Å². The Morgan fingerprint density at radius 1 is 1.17 bits per heavy atom. The number of benzene rings is 1. The molecule has 1 N–H and O–H groups in total. The Kier molecular flexibility index (Phi) is 5.39. The average molecular weight is 354 g/mol. The van der Waals surface area contributed by atoms with E-state index >= 15 is 0 Å². The van der Waals surface area contributed by atoms with E-state index in [1.54, 1.807) is 24.3 Å². The minimum absolute atomic E-state index is 0. The van der Waals surface area contributed by atoms with Gasteiger partial charge in [-0.15, -0.1) is 12.4 Å². The van der Waals surface area contributed by atoms with Gasteiger partial charge in [0.25, 0.3) is 0 Å². The average Bonchev–Trinajstić information content (AvgIpc) is 3.00. The fourth-order valence-corrected chi connectivity index (χ4v) is 3.36. The summed E-state index contributed by atoms with van der Waals surface area (Å²) in [5.74, 6) is 1.17. The van der Waals surface area contributed by atoms with Gasteiger partial charge in [0.2, 0.25) is 0 Å². The third-order valence-corrected chi connectivity index (χ3v) is 5.04. The van der Waals surface area contributed by atoms with Crippen molar-refractivity contribution in [2.75, 3.05) is 19.3 Å². The molecule has 2 aromatic rings. The van der Waals surface area contributed by atoms with Crippen molar-refractivity contribution in [3.63, 3.8) is 0 Å². The number of rotatable bonds is 3. The molecule has 1 fully saturated rings. The summed E-state index contributed by atoms with van der Waals surface area (Å²) in [4.78, 5) is 9.36. The van der Waals surface area contributed by atoms with Crippen LogP contribution in [0.4, 0.5) is 0 Å². The molecule has 5 nitrogen and oxygen atoms in total. The molecule has 7 heteroatoms. The lowest BCUT2D eigenvalue weighted by Gasteiger charge is -2.11. The normalized spacial score (nSPS) is 17.7. The molecule has 1 aromatic carbocycles. The van der Waals surface area contributed by atoms with E-state index in [-0.39, 0.29) is 12.4 Å². The highest BCUT2D eigenvalue weighted by Gasteiger charge is 2.19. The quantitative estimate of drug-likeness (QED) is 0.917. The first-order chi connectivity index (χ1) is 10.4. The van der Waals surface area contributed by atoms with E-state index in [2.05, 4.69) is 15.3 Å². The highest BCUT2D eigenvalue weighted by molar-refractivity contribution is 7.90. The smallest absolute Gasteiger partial charge is 0.175 e. The zero-order valence-electron chi connectivity index (χ0n) is 13.1. The number of nitrogens with zero attached hydrogens (tertiary/aromatic N) is 2. The van der Waals surface area contributed by atoms with Gasteiger partial charge in [-0.2, -0.15) is 0 Å². The summed E-state index contributed by atoms with van der Waals surface area (Å²) in [5.41, 5.74) is 2.80. The van der Waals surface area contributed by atoms with Crippen LogP contribution in [-0.2, 0) is 9.84 Å². The molecule has 0 saturated carbocycles. The Bertz CT molecular complexity index is 785. The van der Waals surface area contributed by atoms with Gasteiger partial charge >= 0.3 is 0 Å². The van der Waals surface area contributed by atoms with Crippen molar-refractivity contribution in [2.45, 2.75) is 24.2 Å². The van der Waals surface area contributed by atoms with Crippen LogP contribution < -0.4 is 5.32 Å². The Balaban J connectivity index is 0.00000192.